The standard InChI is InChI=1S/C17H15F3N2O4S2/c1-2-25-13-6-4-3-5-11(13)10-21-28(23,24)16-8-7-14(27-16)12-9-15(26-22-12)17(18,19)20/h3-9,21H,2,10H2,1H3. The van der Waals surface area contributed by atoms with E-state index in [9.17, 15) is 21.6 Å². The van der Waals surface area contributed by atoms with Crippen LogP contribution in [0.15, 0.2) is 51.2 Å². The summed E-state index contributed by atoms with van der Waals surface area (Å²) >= 11 is 0.795. The van der Waals surface area contributed by atoms with Crippen molar-refractivity contribution in [1.29, 1.82) is 0 Å². The molecule has 0 saturated carbocycles. The van der Waals surface area contributed by atoms with Gasteiger partial charge in [0.05, 0.1) is 11.5 Å². The molecule has 0 aliphatic rings. The number of sulfonamides is 1. The van der Waals surface area contributed by atoms with Crippen LogP contribution in [0.1, 0.15) is 18.2 Å². The van der Waals surface area contributed by atoms with E-state index < -0.39 is 22.0 Å². The Morgan fingerprint density at radius 1 is 1.21 bits per heavy atom. The van der Waals surface area contributed by atoms with E-state index in [1.807, 2.05) is 6.92 Å². The Hall–Kier alpha value is -2.37. The van der Waals surface area contributed by atoms with Gasteiger partial charge in [0.1, 0.15) is 15.7 Å². The second-order valence-electron chi connectivity index (χ2n) is 5.56. The predicted octanol–water partition coefficient (Wildman–Crippen LogP) is 4.30. The first-order valence-corrected chi connectivity index (χ1v) is 10.3. The van der Waals surface area contributed by atoms with E-state index in [2.05, 4.69) is 14.4 Å². The van der Waals surface area contributed by atoms with Gasteiger partial charge in [-0.05, 0) is 25.1 Å². The van der Waals surface area contributed by atoms with Gasteiger partial charge in [0.25, 0.3) is 0 Å². The molecule has 0 spiro atoms. The van der Waals surface area contributed by atoms with Crippen molar-refractivity contribution in [3.05, 3.63) is 53.8 Å². The minimum atomic E-state index is -4.66. The van der Waals surface area contributed by atoms with Crippen molar-refractivity contribution in [3.63, 3.8) is 0 Å². The van der Waals surface area contributed by atoms with Crippen LogP contribution >= 0.6 is 11.3 Å². The van der Waals surface area contributed by atoms with Gasteiger partial charge in [0, 0.05) is 18.2 Å². The molecule has 28 heavy (non-hydrogen) atoms. The van der Waals surface area contributed by atoms with E-state index in [1.165, 1.54) is 12.1 Å². The number of ether oxygens (including phenoxy) is 1. The maximum Gasteiger partial charge on any atom is 0.452 e. The van der Waals surface area contributed by atoms with Crippen molar-refractivity contribution in [2.45, 2.75) is 23.9 Å². The fourth-order valence-electron chi connectivity index (χ4n) is 2.32. The molecule has 0 bridgehead atoms. The van der Waals surface area contributed by atoms with Gasteiger partial charge in [-0.3, -0.25) is 0 Å². The van der Waals surface area contributed by atoms with Crippen molar-refractivity contribution in [2.24, 2.45) is 0 Å². The van der Waals surface area contributed by atoms with Crippen LogP contribution in [-0.4, -0.2) is 20.2 Å². The number of benzene rings is 1. The number of thiophene rings is 1. The summed E-state index contributed by atoms with van der Waals surface area (Å²) in [6.45, 7) is 2.27. The number of para-hydroxylation sites is 1. The molecule has 3 aromatic rings. The molecule has 2 aromatic heterocycles. The molecule has 1 N–H and O–H groups in total. The summed E-state index contributed by atoms with van der Waals surface area (Å²) in [5.41, 5.74) is 0.580. The number of nitrogens with zero attached hydrogens (tertiary/aromatic N) is 1. The minimum Gasteiger partial charge on any atom is -0.494 e. The van der Waals surface area contributed by atoms with E-state index in [0.717, 1.165) is 17.4 Å². The van der Waals surface area contributed by atoms with Crippen LogP contribution in [-0.2, 0) is 22.7 Å². The van der Waals surface area contributed by atoms with E-state index in [4.69, 9.17) is 4.74 Å². The van der Waals surface area contributed by atoms with Gasteiger partial charge < -0.3 is 9.26 Å². The highest BCUT2D eigenvalue weighted by Gasteiger charge is 2.36. The molecule has 2 heterocycles. The predicted molar refractivity (Wildman–Crippen MR) is 96.5 cm³/mol. The number of nitrogens with one attached hydrogen (secondary N) is 1. The van der Waals surface area contributed by atoms with E-state index in [1.54, 1.807) is 24.3 Å². The second kappa shape index (κ2) is 7.94. The first-order valence-electron chi connectivity index (χ1n) is 8.05. The van der Waals surface area contributed by atoms with E-state index >= 15 is 0 Å². The normalized spacial score (nSPS) is 12.3. The van der Waals surface area contributed by atoms with Gasteiger partial charge in [-0.15, -0.1) is 11.3 Å². The molecule has 1 aromatic carbocycles. The van der Waals surface area contributed by atoms with Gasteiger partial charge in [0.15, 0.2) is 0 Å². The zero-order chi connectivity index (χ0) is 20.4. The lowest BCUT2D eigenvalue weighted by atomic mass is 10.2. The van der Waals surface area contributed by atoms with Crippen LogP contribution in [0.3, 0.4) is 0 Å². The van der Waals surface area contributed by atoms with Crippen LogP contribution < -0.4 is 9.46 Å². The SMILES string of the molecule is CCOc1ccccc1CNS(=O)(=O)c1ccc(-c2cc(C(F)(F)F)on2)s1. The third-order valence-electron chi connectivity index (χ3n) is 3.61. The van der Waals surface area contributed by atoms with Gasteiger partial charge in [-0.1, -0.05) is 23.4 Å². The third-order valence-corrected chi connectivity index (χ3v) is 6.61. The highest BCUT2D eigenvalue weighted by atomic mass is 32.2. The van der Waals surface area contributed by atoms with Crippen LogP contribution in [0.2, 0.25) is 0 Å². The van der Waals surface area contributed by atoms with Gasteiger partial charge in [-0.2, -0.15) is 13.2 Å². The number of hydrogen-bond acceptors (Lipinski definition) is 6. The maximum atomic E-state index is 12.6. The van der Waals surface area contributed by atoms with Crippen LogP contribution in [0, 0.1) is 0 Å². The molecule has 0 fully saturated rings. The summed E-state index contributed by atoms with van der Waals surface area (Å²) in [5, 5.41) is 3.36. The third kappa shape index (κ3) is 4.54. The summed E-state index contributed by atoms with van der Waals surface area (Å²) in [6, 6.07) is 10.4. The smallest absolute Gasteiger partial charge is 0.452 e. The molecule has 11 heteroatoms. The topological polar surface area (TPSA) is 81.4 Å². The Kier molecular flexibility index (Phi) is 5.77. The van der Waals surface area contributed by atoms with Crippen molar-refractivity contribution in [3.8, 4) is 16.3 Å². The first kappa shape index (κ1) is 20.4. The highest BCUT2D eigenvalue weighted by Crippen LogP contribution is 2.35. The lowest BCUT2D eigenvalue weighted by Gasteiger charge is -2.10. The van der Waals surface area contributed by atoms with Crippen LogP contribution in [0.4, 0.5) is 13.2 Å². The largest absolute Gasteiger partial charge is 0.494 e. The summed E-state index contributed by atoms with van der Waals surface area (Å²) in [5.74, 6) is -0.673. The van der Waals surface area contributed by atoms with E-state index in [0.29, 0.717) is 17.9 Å². The van der Waals surface area contributed by atoms with Crippen molar-refractivity contribution >= 4 is 21.4 Å². The highest BCUT2D eigenvalue weighted by molar-refractivity contribution is 7.91. The molecule has 0 aliphatic heterocycles. The number of alkyl halides is 3. The molecular formula is C17H15F3N2O4S2. The molecule has 0 radical (unpaired) electrons. The monoisotopic (exact) mass is 432 g/mol. The van der Waals surface area contributed by atoms with Gasteiger partial charge in [-0.25, -0.2) is 13.1 Å². The van der Waals surface area contributed by atoms with Crippen molar-refractivity contribution < 1.29 is 30.8 Å². The Morgan fingerprint density at radius 3 is 2.64 bits per heavy atom. The number of hydrogen-bond donors (Lipinski definition) is 1. The van der Waals surface area contributed by atoms with Crippen LogP contribution in [0.5, 0.6) is 5.75 Å². The quantitative estimate of drug-likeness (QED) is 0.602. The lowest BCUT2D eigenvalue weighted by Crippen LogP contribution is -2.22. The Balaban J connectivity index is 1.76. The zero-order valence-electron chi connectivity index (χ0n) is 14.5. The fourth-order valence-corrected chi connectivity index (χ4v) is 4.63. The average Bonchev–Trinajstić information content (AvgIpc) is 3.30. The molecule has 6 nitrogen and oxygen atoms in total. The fraction of sp³-hybridized carbons (Fsp3) is 0.235. The molecular weight excluding hydrogens is 417 g/mol. The average molecular weight is 432 g/mol. The van der Waals surface area contributed by atoms with Gasteiger partial charge >= 0.3 is 6.18 Å². The van der Waals surface area contributed by atoms with Crippen LogP contribution in [0.25, 0.3) is 10.6 Å². The molecule has 0 aliphatic carbocycles. The minimum absolute atomic E-state index is 0.00786. The zero-order valence-corrected chi connectivity index (χ0v) is 16.1. The Bertz CT molecular complexity index is 1060. The number of halogens is 3. The van der Waals surface area contributed by atoms with E-state index in [-0.39, 0.29) is 21.3 Å². The Labute approximate surface area is 163 Å². The molecule has 0 unspecified atom stereocenters. The first-order chi connectivity index (χ1) is 13.2. The molecule has 0 amide bonds. The van der Waals surface area contributed by atoms with Crippen molar-refractivity contribution in [2.75, 3.05) is 6.61 Å². The second-order valence-corrected chi connectivity index (χ2v) is 8.64. The summed E-state index contributed by atoms with van der Waals surface area (Å²) in [7, 11) is -3.87. The molecule has 150 valence electrons. The summed E-state index contributed by atoms with van der Waals surface area (Å²) in [6.07, 6.45) is -4.66. The summed E-state index contributed by atoms with van der Waals surface area (Å²) in [4.78, 5) is 0.245. The molecule has 3 rings (SSSR count). The van der Waals surface area contributed by atoms with Gasteiger partial charge in [0.2, 0.25) is 15.8 Å². The molecule has 0 atom stereocenters. The number of aromatic nitrogens is 1. The lowest BCUT2D eigenvalue weighted by molar-refractivity contribution is -0.155. The summed E-state index contributed by atoms with van der Waals surface area (Å²) < 4.78 is 75.0. The van der Waals surface area contributed by atoms with Crippen molar-refractivity contribution in [1.82, 2.24) is 9.88 Å². The molecule has 0 saturated heterocycles. The number of rotatable bonds is 7. The maximum absolute atomic E-state index is 12.6. The Morgan fingerprint density at radius 2 is 1.96 bits per heavy atom.